The van der Waals surface area contributed by atoms with Crippen LogP contribution >= 0.6 is 11.3 Å². The predicted octanol–water partition coefficient (Wildman–Crippen LogP) is 1.70. The molecular formula is C13H17N5OS. The average Bonchev–Trinajstić information content (AvgIpc) is 3.08. The van der Waals surface area contributed by atoms with E-state index in [1.807, 2.05) is 23.3 Å². The Kier molecular flexibility index (Phi) is 3.43. The Labute approximate surface area is 121 Å². The molecule has 3 heterocycles. The van der Waals surface area contributed by atoms with Crippen molar-refractivity contribution in [3.63, 3.8) is 0 Å². The van der Waals surface area contributed by atoms with E-state index in [2.05, 4.69) is 15.3 Å². The molecule has 106 valence electrons. The molecule has 0 aromatic carbocycles. The van der Waals surface area contributed by atoms with Crippen molar-refractivity contribution in [3.05, 3.63) is 11.4 Å². The molecule has 3 rings (SSSR count). The topological polar surface area (TPSA) is 84.1 Å². The minimum atomic E-state index is -0.314. The van der Waals surface area contributed by atoms with Gasteiger partial charge in [-0.05, 0) is 31.2 Å². The fourth-order valence-electron chi connectivity index (χ4n) is 2.46. The SMILES string of the molecule is CC(Nc1nc(N)nc2sccc12)C(=O)N1CCCC1. The van der Waals surface area contributed by atoms with Crippen LogP contribution in [0.15, 0.2) is 11.4 Å². The minimum absolute atomic E-state index is 0.114. The predicted molar refractivity (Wildman–Crippen MR) is 80.7 cm³/mol. The zero-order valence-corrected chi connectivity index (χ0v) is 12.1. The number of likely N-dealkylation sites (tertiary alicyclic amines) is 1. The van der Waals surface area contributed by atoms with Crippen LogP contribution in [0.4, 0.5) is 11.8 Å². The van der Waals surface area contributed by atoms with Crippen LogP contribution in [-0.4, -0.2) is 39.9 Å². The summed E-state index contributed by atoms with van der Waals surface area (Å²) in [5.41, 5.74) is 5.71. The molecule has 7 heteroatoms. The molecule has 3 N–H and O–H groups in total. The van der Waals surface area contributed by atoms with Crippen LogP contribution in [0, 0.1) is 0 Å². The third-order valence-electron chi connectivity index (χ3n) is 3.48. The van der Waals surface area contributed by atoms with E-state index in [9.17, 15) is 4.79 Å². The van der Waals surface area contributed by atoms with E-state index in [4.69, 9.17) is 5.73 Å². The Balaban J connectivity index is 1.81. The van der Waals surface area contributed by atoms with Crippen molar-refractivity contribution in [1.29, 1.82) is 0 Å². The third kappa shape index (κ3) is 2.40. The second kappa shape index (κ2) is 5.24. The van der Waals surface area contributed by atoms with Gasteiger partial charge in [-0.15, -0.1) is 11.3 Å². The normalized spacial score (nSPS) is 16.6. The Morgan fingerprint density at radius 2 is 2.20 bits per heavy atom. The molecule has 1 aliphatic rings. The van der Waals surface area contributed by atoms with E-state index < -0.39 is 0 Å². The van der Waals surface area contributed by atoms with E-state index in [0.717, 1.165) is 36.1 Å². The number of carbonyl (C=O) groups excluding carboxylic acids is 1. The van der Waals surface area contributed by atoms with Crippen molar-refractivity contribution < 1.29 is 4.79 Å². The molecule has 0 bridgehead atoms. The zero-order chi connectivity index (χ0) is 14.1. The Bertz CT molecular complexity index is 635. The molecule has 1 unspecified atom stereocenters. The average molecular weight is 291 g/mol. The number of carbonyl (C=O) groups is 1. The number of aromatic nitrogens is 2. The summed E-state index contributed by atoms with van der Waals surface area (Å²) in [5, 5.41) is 6.02. The summed E-state index contributed by atoms with van der Waals surface area (Å²) in [7, 11) is 0. The Morgan fingerprint density at radius 1 is 1.45 bits per heavy atom. The van der Waals surface area contributed by atoms with Gasteiger partial charge in [-0.2, -0.15) is 4.98 Å². The maximum absolute atomic E-state index is 12.3. The fourth-order valence-corrected chi connectivity index (χ4v) is 3.23. The summed E-state index contributed by atoms with van der Waals surface area (Å²) in [5.74, 6) is 0.972. The van der Waals surface area contributed by atoms with Crippen molar-refractivity contribution in [1.82, 2.24) is 14.9 Å². The molecule has 1 amide bonds. The van der Waals surface area contributed by atoms with Crippen LogP contribution < -0.4 is 11.1 Å². The van der Waals surface area contributed by atoms with Gasteiger partial charge in [0.15, 0.2) is 0 Å². The first-order valence-corrected chi connectivity index (χ1v) is 7.59. The number of nitrogens with one attached hydrogen (secondary N) is 1. The summed E-state index contributed by atoms with van der Waals surface area (Å²) in [6.45, 7) is 3.56. The molecule has 1 atom stereocenters. The van der Waals surface area contributed by atoms with Crippen LogP contribution in [0.3, 0.4) is 0 Å². The maximum Gasteiger partial charge on any atom is 0.244 e. The van der Waals surface area contributed by atoms with Crippen LogP contribution in [0.5, 0.6) is 0 Å². The molecule has 0 spiro atoms. The van der Waals surface area contributed by atoms with Gasteiger partial charge in [-0.1, -0.05) is 0 Å². The van der Waals surface area contributed by atoms with Crippen LogP contribution in [0.2, 0.25) is 0 Å². The lowest BCUT2D eigenvalue weighted by Gasteiger charge is -2.21. The first-order chi connectivity index (χ1) is 9.65. The van der Waals surface area contributed by atoms with Gasteiger partial charge in [0.25, 0.3) is 0 Å². The highest BCUT2D eigenvalue weighted by molar-refractivity contribution is 7.16. The lowest BCUT2D eigenvalue weighted by Crippen LogP contribution is -2.39. The lowest BCUT2D eigenvalue weighted by atomic mass is 10.2. The fraction of sp³-hybridized carbons (Fsp3) is 0.462. The molecule has 0 radical (unpaired) electrons. The van der Waals surface area contributed by atoms with Crippen molar-refractivity contribution in [2.75, 3.05) is 24.1 Å². The number of nitrogens with two attached hydrogens (primary N) is 1. The van der Waals surface area contributed by atoms with Crippen LogP contribution in [-0.2, 0) is 4.79 Å². The third-order valence-corrected chi connectivity index (χ3v) is 4.29. The number of fused-ring (bicyclic) bond motifs is 1. The zero-order valence-electron chi connectivity index (χ0n) is 11.3. The van der Waals surface area contributed by atoms with Gasteiger partial charge in [0.1, 0.15) is 16.7 Å². The van der Waals surface area contributed by atoms with Crippen molar-refractivity contribution in [2.24, 2.45) is 0 Å². The van der Waals surface area contributed by atoms with Gasteiger partial charge < -0.3 is 16.0 Å². The molecule has 0 aliphatic carbocycles. The number of hydrogen-bond donors (Lipinski definition) is 2. The van der Waals surface area contributed by atoms with Gasteiger partial charge in [-0.3, -0.25) is 4.79 Å². The van der Waals surface area contributed by atoms with E-state index >= 15 is 0 Å². The highest BCUT2D eigenvalue weighted by atomic mass is 32.1. The van der Waals surface area contributed by atoms with Crippen LogP contribution in [0.1, 0.15) is 19.8 Å². The molecule has 1 saturated heterocycles. The number of thiophene rings is 1. The monoisotopic (exact) mass is 291 g/mol. The quantitative estimate of drug-likeness (QED) is 0.899. The van der Waals surface area contributed by atoms with Crippen LogP contribution in [0.25, 0.3) is 10.2 Å². The molecule has 1 fully saturated rings. The maximum atomic E-state index is 12.3. The summed E-state index contributed by atoms with van der Waals surface area (Å²) >= 11 is 1.51. The van der Waals surface area contributed by atoms with Gasteiger partial charge >= 0.3 is 0 Å². The highest BCUT2D eigenvalue weighted by Crippen LogP contribution is 2.26. The largest absolute Gasteiger partial charge is 0.368 e. The van der Waals surface area contributed by atoms with E-state index in [1.54, 1.807) is 0 Å². The van der Waals surface area contributed by atoms with Crippen molar-refractivity contribution in [3.8, 4) is 0 Å². The molecule has 1 aliphatic heterocycles. The number of rotatable bonds is 3. The minimum Gasteiger partial charge on any atom is -0.368 e. The molecule has 6 nitrogen and oxygen atoms in total. The second-order valence-electron chi connectivity index (χ2n) is 4.97. The number of nitrogen functional groups attached to an aromatic ring is 1. The van der Waals surface area contributed by atoms with Gasteiger partial charge in [0.05, 0.1) is 5.39 Å². The number of nitrogens with zero attached hydrogens (tertiary/aromatic N) is 3. The van der Waals surface area contributed by atoms with E-state index in [1.165, 1.54) is 11.3 Å². The van der Waals surface area contributed by atoms with Crippen molar-refractivity contribution in [2.45, 2.75) is 25.8 Å². The summed E-state index contributed by atoms with van der Waals surface area (Å²) in [6, 6.07) is 1.62. The first kappa shape index (κ1) is 13.1. The van der Waals surface area contributed by atoms with Crippen molar-refractivity contribution >= 4 is 39.2 Å². The molecule has 20 heavy (non-hydrogen) atoms. The Hall–Kier alpha value is -1.89. The number of amides is 1. The number of hydrogen-bond acceptors (Lipinski definition) is 6. The summed E-state index contributed by atoms with van der Waals surface area (Å²) < 4.78 is 0. The molecule has 0 saturated carbocycles. The van der Waals surface area contributed by atoms with Gasteiger partial charge in [-0.25, -0.2) is 4.98 Å². The lowest BCUT2D eigenvalue weighted by molar-refractivity contribution is -0.130. The van der Waals surface area contributed by atoms with E-state index in [-0.39, 0.29) is 17.9 Å². The summed E-state index contributed by atoms with van der Waals surface area (Å²) in [4.78, 5) is 23.4. The van der Waals surface area contributed by atoms with E-state index in [0.29, 0.717) is 5.82 Å². The van der Waals surface area contributed by atoms with Gasteiger partial charge in [0.2, 0.25) is 11.9 Å². The second-order valence-corrected chi connectivity index (χ2v) is 5.86. The van der Waals surface area contributed by atoms with Gasteiger partial charge in [0, 0.05) is 13.1 Å². The first-order valence-electron chi connectivity index (χ1n) is 6.71. The highest BCUT2D eigenvalue weighted by Gasteiger charge is 2.24. The number of anilines is 2. The smallest absolute Gasteiger partial charge is 0.244 e. The molecule has 2 aromatic heterocycles. The molecular weight excluding hydrogens is 274 g/mol. The standard InChI is InChI=1S/C13H17N5OS/c1-8(12(19)18-5-2-3-6-18)15-10-9-4-7-20-11(9)17-13(14)16-10/h4,7-8H,2-3,5-6H2,1H3,(H3,14,15,16,17). The molecule has 2 aromatic rings. The summed E-state index contributed by atoms with van der Waals surface area (Å²) in [6.07, 6.45) is 2.18. The Morgan fingerprint density at radius 3 is 2.95 bits per heavy atom.